The largest absolute Gasteiger partial charge is 0.507 e. The number of rotatable bonds is 7. The van der Waals surface area contributed by atoms with Gasteiger partial charge in [0, 0.05) is 42.8 Å². The van der Waals surface area contributed by atoms with Crippen LogP contribution in [0.2, 0.25) is 0 Å². The van der Waals surface area contributed by atoms with Crippen molar-refractivity contribution in [2.45, 2.75) is 13.8 Å². The molecule has 0 unspecified atom stereocenters. The summed E-state index contributed by atoms with van der Waals surface area (Å²) >= 11 is 0. The minimum absolute atomic E-state index is 0.121. The summed E-state index contributed by atoms with van der Waals surface area (Å²) in [6, 6.07) is 16.5. The van der Waals surface area contributed by atoms with Crippen molar-refractivity contribution < 1.29 is 9.90 Å². The molecular formula is C22H24N4O2. The van der Waals surface area contributed by atoms with Gasteiger partial charge in [0.05, 0.1) is 17.5 Å². The predicted octanol–water partition coefficient (Wildman–Crippen LogP) is 3.79. The zero-order valence-corrected chi connectivity index (χ0v) is 16.0. The Morgan fingerprint density at radius 1 is 1.11 bits per heavy atom. The highest BCUT2D eigenvalue weighted by molar-refractivity contribution is 5.98. The first kappa shape index (κ1) is 19.2. The summed E-state index contributed by atoms with van der Waals surface area (Å²) in [5, 5.41) is 14.3. The van der Waals surface area contributed by atoms with Crippen molar-refractivity contribution in [3.8, 4) is 11.4 Å². The van der Waals surface area contributed by atoms with Crippen LogP contribution in [0.5, 0.6) is 5.75 Å². The molecule has 28 heavy (non-hydrogen) atoms. The molecule has 6 nitrogen and oxygen atoms in total. The fraction of sp³-hybridized carbons (Fsp3) is 0.182. The third-order valence-corrected chi connectivity index (χ3v) is 4.54. The summed E-state index contributed by atoms with van der Waals surface area (Å²) in [5.74, 6) is -0.199. The molecule has 0 saturated carbocycles. The van der Waals surface area contributed by atoms with Gasteiger partial charge in [0.15, 0.2) is 0 Å². The summed E-state index contributed by atoms with van der Waals surface area (Å²) in [7, 11) is 0. The van der Waals surface area contributed by atoms with Gasteiger partial charge in [0.2, 0.25) is 0 Å². The Morgan fingerprint density at radius 2 is 1.82 bits per heavy atom. The van der Waals surface area contributed by atoms with Gasteiger partial charge >= 0.3 is 0 Å². The number of phenolic OH excluding ortho intramolecular Hbond substituents is 1. The molecule has 0 aliphatic heterocycles. The Hall–Kier alpha value is -3.54. The van der Waals surface area contributed by atoms with E-state index in [1.54, 1.807) is 18.2 Å². The average Bonchev–Trinajstić information content (AvgIpc) is 3.25. The second-order valence-corrected chi connectivity index (χ2v) is 6.22. The molecule has 0 aliphatic carbocycles. The van der Waals surface area contributed by atoms with E-state index >= 15 is 0 Å². The van der Waals surface area contributed by atoms with Crippen LogP contribution in [-0.2, 0) is 0 Å². The molecular weight excluding hydrogens is 352 g/mol. The molecule has 144 valence electrons. The molecule has 3 rings (SSSR count). The van der Waals surface area contributed by atoms with E-state index in [4.69, 9.17) is 0 Å². The first-order valence-corrected chi connectivity index (χ1v) is 9.27. The van der Waals surface area contributed by atoms with Crippen LogP contribution in [0.15, 0.2) is 72.1 Å². The number of hydrogen-bond donors (Lipinski definition) is 2. The number of hydrogen-bond acceptors (Lipinski definition) is 4. The topological polar surface area (TPSA) is 69.9 Å². The summed E-state index contributed by atoms with van der Waals surface area (Å²) in [4.78, 5) is 14.7. The van der Waals surface area contributed by atoms with Gasteiger partial charge in [0.25, 0.3) is 5.91 Å². The maximum Gasteiger partial charge on any atom is 0.273 e. The molecule has 3 aromatic rings. The zero-order chi connectivity index (χ0) is 19.9. The van der Waals surface area contributed by atoms with Crippen molar-refractivity contribution in [3.63, 3.8) is 0 Å². The number of benzene rings is 2. The Labute approximate surface area is 164 Å². The molecule has 0 radical (unpaired) electrons. The van der Waals surface area contributed by atoms with Crippen molar-refractivity contribution in [1.82, 2.24) is 9.99 Å². The molecule has 0 atom stereocenters. The van der Waals surface area contributed by atoms with Crippen molar-refractivity contribution in [3.05, 3.63) is 78.1 Å². The van der Waals surface area contributed by atoms with E-state index in [1.807, 2.05) is 53.4 Å². The first-order chi connectivity index (χ1) is 13.6. The summed E-state index contributed by atoms with van der Waals surface area (Å²) < 4.78 is 1.87. The van der Waals surface area contributed by atoms with Gasteiger partial charge in [-0.25, -0.2) is 5.43 Å². The smallest absolute Gasteiger partial charge is 0.273 e. The van der Waals surface area contributed by atoms with Crippen molar-refractivity contribution in [2.24, 2.45) is 5.10 Å². The number of nitrogens with one attached hydrogen (secondary N) is 1. The highest BCUT2D eigenvalue weighted by Gasteiger charge is 2.11. The molecule has 0 spiro atoms. The fourth-order valence-corrected chi connectivity index (χ4v) is 3.03. The minimum Gasteiger partial charge on any atom is -0.507 e. The second kappa shape index (κ2) is 8.90. The average molecular weight is 376 g/mol. The van der Waals surface area contributed by atoms with Gasteiger partial charge in [0.1, 0.15) is 5.75 Å². The van der Waals surface area contributed by atoms with E-state index in [2.05, 4.69) is 29.3 Å². The lowest BCUT2D eigenvalue weighted by Crippen LogP contribution is -2.21. The van der Waals surface area contributed by atoms with E-state index in [9.17, 15) is 9.90 Å². The zero-order valence-electron chi connectivity index (χ0n) is 16.0. The molecule has 0 aliphatic rings. The van der Waals surface area contributed by atoms with E-state index in [1.165, 1.54) is 6.21 Å². The monoisotopic (exact) mass is 376 g/mol. The van der Waals surface area contributed by atoms with Gasteiger partial charge in [-0.15, -0.1) is 0 Å². The molecule has 0 fully saturated rings. The molecule has 0 bridgehead atoms. The maximum absolute atomic E-state index is 12.5. The lowest BCUT2D eigenvalue weighted by molar-refractivity contribution is 0.0955. The number of para-hydroxylation sites is 1. The molecule has 2 aromatic carbocycles. The van der Waals surface area contributed by atoms with Crippen LogP contribution in [0.1, 0.15) is 29.8 Å². The number of phenols is 1. The van der Waals surface area contributed by atoms with Crippen LogP contribution in [0.25, 0.3) is 5.69 Å². The quantitative estimate of drug-likeness (QED) is 0.487. The van der Waals surface area contributed by atoms with Crippen molar-refractivity contribution in [2.75, 3.05) is 18.0 Å². The Kier molecular flexibility index (Phi) is 6.11. The maximum atomic E-state index is 12.5. The Bertz CT molecular complexity index is 960. The number of aromatic hydroxyl groups is 1. The van der Waals surface area contributed by atoms with Crippen LogP contribution in [-0.4, -0.2) is 34.9 Å². The van der Waals surface area contributed by atoms with Gasteiger partial charge < -0.3 is 14.6 Å². The van der Waals surface area contributed by atoms with Crippen LogP contribution in [0, 0.1) is 0 Å². The SMILES string of the molecule is CCN(CC)c1ccc(/C=N/NC(=O)c2ccccc2-n2cccc2)c(O)c1. The molecule has 2 N–H and O–H groups in total. The van der Waals surface area contributed by atoms with Crippen molar-refractivity contribution in [1.29, 1.82) is 0 Å². The van der Waals surface area contributed by atoms with E-state index in [0.717, 1.165) is 24.5 Å². The Balaban J connectivity index is 1.73. The lowest BCUT2D eigenvalue weighted by Gasteiger charge is -2.21. The molecule has 0 saturated heterocycles. The van der Waals surface area contributed by atoms with Gasteiger partial charge in [-0.2, -0.15) is 5.10 Å². The third kappa shape index (κ3) is 4.23. The highest BCUT2D eigenvalue weighted by Crippen LogP contribution is 2.23. The Morgan fingerprint density at radius 3 is 2.50 bits per heavy atom. The van der Waals surface area contributed by atoms with Crippen LogP contribution in [0.3, 0.4) is 0 Å². The number of carbonyl (C=O) groups is 1. The standard InChI is InChI=1S/C22H24N4O2/c1-3-25(4-2)18-12-11-17(21(27)15-18)16-23-24-22(28)19-9-5-6-10-20(19)26-13-7-8-14-26/h5-16,27H,3-4H2,1-2H3,(H,24,28)/b23-16+. The number of hydrazone groups is 1. The normalized spacial score (nSPS) is 10.9. The number of anilines is 1. The van der Waals surface area contributed by atoms with E-state index in [-0.39, 0.29) is 11.7 Å². The number of nitrogens with zero attached hydrogens (tertiary/aromatic N) is 3. The summed E-state index contributed by atoms with van der Waals surface area (Å²) in [6.07, 6.45) is 5.20. The van der Waals surface area contributed by atoms with Gasteiger partial charge in [-0.3, -0.25) is 4.79 Å². The van der Waals surface area contributed by atoms with Gasteiger partial charge in [-0.05, 0) is 50.2 Å². The van der Waals surface area contributed by atoms with Crippen LogP contribution >= 0.6 is 0 Å². The van der Waals surface area contributed by atoms with E-state index < -0.39 is 0 Å². The van der Waals surface area contributed by atoms with Gasteiger partial charge in [-0.1, -0.05) is 12.1 Å². The summed E-state index contributed by atoms with van der Waals surface area (Å²) in [5.41, 5.74) is 5.30. The van der Waals surface area contributed by atoms with Crippen LogP contribution in [0.4, 0.5) is 5.69 Å². The molecule has 1 aromatic heterocycles. The van der Waals surface area contributed by atoms with E-state index in [0.29, 0.717) is 11.1 Å². The molecule has 1 heterocycles. The number of carbonyl (C=O) groups excluding carboxylic acids is 1. The molecule has 6 heteroatoms. The second-order valence-electron chi connectivity index (χ2n) is 6.22. The minimum atomic E-state index is -0.320. The predicted molar refractivity (Wildman–Crippen MR) is 112 cm³/mol. The third-order valence-electron chi connectivity index (χ3n) is 4.54. The van der Waals surface area contributed by atoms with Crippen molar-refractivity contribution >= 4 is 17.8 Å². The summed E-state index contributed by atoms with van der Waals surface area (Å²) in [6.45, 7) is 5.86. The number of aromatic nitrogens is 1. The van der Waals surface area contributed by atoms with Crippen LogP contribution < -0.4 is 10.3 Å². The fourth-order valence-electron chi connectivity index (χ4n) is 3.03. The molecule has 1 amide bonds. The highest BCUT2D eigenvalue weighted by atomic mass is 16.3. The number of amides is 1. The lowest BCUT2D eigenvalue weighted by atomic mass is 10.1. The first-order valence-electron chi connectivity index (χ1n) is 9.27.